The van der Waals surface area contributed by atoms with E-state index in [1.54, 1.807) is 0 Å². The number of phosphoric ester groups is 2. The van der Waals surface area contributed by atoms with Crippen LogP contribution in [0.4, 0.5) is 0 Å². The summed E-state index contributed by atoms with van der Waals surface area (Å²) in [6, 6.07) is 0. The summed E-state index contributed by atoms with van der Waals surface area (Å²) >= 11 is 0. The summed E-state index contributed by atoms with van der Waals surface area (Å²) in [6.45, 7) is 4.58. The van der Waals surface area contributed by atoms with Gasteiger partial charge < -0.3 is 33.8 Å². The summed E-state index contributed by atoms with van der Waals surface area (Å²) in [5.41, 5.74) is 0. The van der Waals surface area contributed by atoms with E-state index in [1.807, 2.05) is 12.2 Å². The van der Waals surface area contributed by atoms with E-state index >= 15 is 0 Å². The summed E-state index contributed by atoms with van der Waals surface area (Å²) in [5, 5.41) is 10.7. The second-order valence-corrected chi connectivity index (χ2v) is 30.9. The number of carbonyl (C=O) groups is 4. The lowest BCUT2D eigenvalue weighted by Gasteiger charge is -2.21. The van der Waals surface area contributed by atoms with E-state index in [2.05, 4.69) is 149 Å². The van der Waals surface area contributed by atoms with Crippen molar-refractivity contribution in [3.63, 3.8) is 0 Å². The van der Waals surface area contributed by atoms with Gasteiger partial charge in [-0.1, -0.05) is 348 Å². The van der Waals surface area contributed by atoms with Gasteiger partial charge in [-0.15, -0.1) is 0 Å². The third-order valence-corrected chi connectivity index (χ3v) is 19.6. The van der Waals surface area contributed by atoms with Crippen LogP contribution in [0.25, 0.3) is 0 Å². The molecule has 0 aliphatic rings. The van der Waals surface area contributed by atoms with Crippen molar-refractivity contribution in [3.05, 3.63) is 134 Å². The molecule has 0 aliphatic carbocycles. The summed E-state index contributed by atoms with van der Waals surface area (Å²) in [7, 11) is -9.99. The fourth-order valence-corrected chi connectivity index (χ4v) is 12.9. The van der Waals surface area contributed by atoms with E-state index in [9.17, 15) is 43.2 Å². The molecule has 2 unspecified atom stereocenters. The molecule has 0 bridgehead atoms. The lowest BCUT2D eigenvalue weighted by molar-refractivity contribution is -0.161. The Labute approximate surface area is 656 Å². The van der Waals surface area contributed by atoms with Crippen molar-refractivity contribution in [1.82, 2.24) is 0 Å². The fraction of sp³-hybridized carbons (Fsp3) is 0.708. The van der Waals surface area contributed by atoms with Gasteiger partial charge in [-0.25, -0.2) is 9.13 Å². The van der Waals surface area contributed by atoms with E-state index in [0.29, 0.717) is 32.1 Å². The van der Waals surface area contributed by atoms with E-state index in [0.717, 1.165) is 135 Å². The zero-order chi connectivity index (χ0) is 78.9. The molecule has 0 fully saturated rings. The standard InChI is InChI=1S/C89H152O17P2/c1-5-9-13-17-21-25-29-33-37-39-41-43-47-49-53-57-61-65-69-73-86(91)99-79-84(105-88(93)75-71-67-63-59-55-51-45-35-31-27-23-19-15-11-7-3)81-103-107(95,96)101-77-83(90)78-102-108(97,98)104-82-85(106-89(94)76-72-68-64-60-56-52-46-36-32-28-24-20-16-12-8-4)80-100-87(92)74-70-66-62-58-54-50-48-44-42-40-38-34-30-26-22-18-14-10-6-2/h9-10,13-14,21-22,25-26,33-34,37-38,41-44,49-50,53-54,61,65,83-85,90H,5-8,11-12,15-20,23-24,27-32,35-36,39-40,45-48,51-52,55-60,62-64,66-82H2,1-4H3,(H,95,96)(H,97,98)/b13-9-,14-10-,25-21-,26-22-,37-33-,38-34-,43-41-,44-42-,53-49-,54-50-,65-61-/t83-,84-,85-/m1/s1. The average Bonchev–Trinajstić information content (AvgIpc) is 0.923. The number of ether oxygens (including phenoxy) is 4. The number of hydrogen-bond donors (Lipinski definition) is 3. The lowest BCUT2D eigenvalue weighted by atomic mass is 10.0. The van der Waals surface area contributed by atoms with E-state index < -0.39 is 97.5 Å². The highest BCUT2D eigenvalue weighted by Crippen LogP contribution is 2.45. The van der Waals surface area contributed by atoms with E-state index in [-0.39, 0.29) is 25.7 Å². The van der Waals surface area contributed by atoms with E-state index in [1.165, 1.54) is 128 Å². The minimum atomic E-state index is -5.00. The molecule has 17 nitrogen and oxygen atoms in total. The maximum atomic E-state index is 13.1. The van der Waals surface area contributed by atoms with Gasteiger partial charge in [-0.3, -0.25) is 37.3 Å². The average molecular weight is 1560 g/mol. The Bertz CT molecular complexity index is 2560. The molecule has 0 heterocycles. The fourth-order valence-electron chi connectivity index (χ4n) is 11.3. The van der Waals surface area contributed by atoms with Crippen LogP contribution in [-0.2, 0) is 65.4 Å². The van der Waals surface area contributed by atoms with Crippen molar-refractivity contribution < 1.29 is 80.2 Å². The number of carbonyl (C=O) groups excluding carboxylic acids is 4. The Morgan fingerprint density at radius 1 is 0.269 bits per heavy atom. The Hall–Kier alpha value is -4.80. The smallest absolute Gasteiger partial charge is 0.462 e. The molecule has 0 aromatic heterocycles. The molecular weight excluding hydrogens is 1400 g/mol. The van der Waals surface area contributed by atoms with Crippen molar-refractivity contribution >= 4 is 39.5 Å². The van der Waals surface area contributed by atoms with Crippen LogP contribution in [0.1, 0.15) is 349 Å². The van der Waals surface area contributed by atoms with Gasteiger partial charge in [0, 0.05) is 25.7 Å². The molecule has 0 saturated carbocycles. The summed E-state index contributed by atoms with van der Waals surface area (Å²) in [5.74, 6) is -2.29. The number of unbranched alkanes of at least 4 members (excludes halogenated alkanes) is 31. The molecule has 108 heavy (non-hydrogen) atoms. The highest BCUT2D eigenvalue weighted by Gasteiger charge is 2.30. The molecule has 0 saturated heterocycles. The monoisotopic (exact) mass is 1560 g/mol. The molecule has 5 atom stereocenters. The minimum Gasteiger partial charge on any atom is -0.462 e. The van der Waals surface area contributed by atoms with Crippen molar-refractivity contribution in [2.45, 2.75) is 367 Å². The third-order valence-electron chi connectivity index (χ3n) is 17.7. The van der Waals surface area contributed by atoms with Gasteiger partial charge in [0.1, 0.15) is 19.3 Å². The van der Waals surface area contributed by atoms with Gasteiger partial charge in [0.05, 0.1) is 26.4 Å². The normalized spacial score (nSPS) is 14.5. The van der Waals surface area contributed by atoms with Crippen molar-refractivity contribution in [3.8, 4) is 0 Å². The van der Waals surface area contributed by atoms with Crippen LogP contribution in [0.5, 0.6) is 0 Å². The molecule has 0 amide bonds. The third kappa shape index (κ3) is 79.3. The predicted molar refractivity (Wildman–Crippen MR) is 445 cm³/mol. The Morgan fingerprint density at radius 3 is 0.796 bits per heavy atom. The zero-order valence-corrected chi connectivity index (χ0v) is 69.8. The number of allylic oxidation sites excluding steroid dienone is 22. The van der Waals surface area contributed by atoms with Crippen LogP contribution in [0.15, 0.2) is 134 Å². The van der Waals surface area contributed by atoms with Gasteiger partial charge in [0.15, 0.2) is 12.2 Å². The minimum absolute atomic E-state index is 0.0356. The van der Waals surface area contributed by atoms with Crippen LogP contribution in [0, 0.1) is 0 Å². The molecule has 0 spiro atoms. The second kappa shape index (κ2) is 80.3. The Kier molecular flexibility index (Phi) is 76.7. The predicted octanol–water partition coefficient (Wildman–Crippen LogP) is 25.2. The lowest BCUT2D eigenvalue weighted by Crippen LogP contribution is -2.30. The number of phosphoric acid groups is 2. The largest absolute Gasteiger partial charge is 0.472 e. The van der Waals surface area contributed by atoms with Gasteiger partial charge in [0.2, 0.25) is 0 Å². The Balaban J connectivity index is 5.44. The molecule has 0 aromatic carbocycles. The molecule has 620 valence electrons. The highest BCUT2D eigenvalue weighted by atomic mass is 31.2. The van der Waals surface area contributed by atoms with Crippen molar-refractivity contribution in [2.75, 3.05) is 39.6 Å². The zero-order valence-electron chi connectivity index (χ0n) is 68.0. The highest BCUT2D eigenvalue weighted by molar-refractivity contribution is 7.47. The first-order valence-electron chi connectivity index (χ1n) is 42.4. The molecule has 19 heteroatoms. The maximum absolute atomic E-state index is 13.1. The summed E-state index contributed by atoms with van der Waals surface area (Å²) in [4.78, 5) is 73.2. The van der Waals surface area contributed by atoms with Gasteiger partial charge in [-0.05, 0) is 109 Å². The quantitative estimate of drug-likeness (QED) is 0.0169. The number of rotatable bonds is 79. The van der Waals surface area contributed by atoms with Crippen molar-refractivity contribution in [2.24, 2.45) is 0 Å². The first-order chi connectivity index (χ1) is 52.7. The SMILES string of the molecule is CC/C=C\C/C=C\C/C=C\C/C=C\C/C=C\C/C=C\CCC(=O)OC[C@H](COP(=O)(O)OC[C@@H](O)COP(=O)(O)OC[C@@H](COC(=O)CCCCC/C=C\C/C=C\C/C=C\C/C=C\C/C=C\CC)OC(=O)CCCCCCCCCCCCCCCCC)OC(=O)CCCCCCCCCCCCCCCCC. The molecule has 0 rings (SSSR count). The Morgan fingerprint density at radius 2 is 0.500 bits per heavy atom. The summed E-state index contributed by atoms with van der Waals surface area (Å²) in [6.07, 6.45) is 91.4. The first kappa shape index (κ1) is 103. The topological polar surface area (TPSA) is 237 Å². The molecule has 0 aromatic rings. The second-order valence-electron chi connectivity index (χ2n) is 28.0. The van der Waals surface area contributed by atoms with Gasteiger partial charge >= 0.3 is 39.5 Å². The molecule has 0 aliphatic heterocycles. The number of aliphatic hydroxyl groups is 1. The van der Waals surface area contributed by atoms with Crippen LogP contribution in [0.3, 0.4) is 0 Å². The molecule has 3 N–H and O–H groups in total. The van der Waals surface area contributed by atoms with E-state index in [4.69, 9.17) is 37.0 Å². The molecule has 0 radical (unpaired) electrons. The number of aliphatic hydroxyl groups excluding tert-OH is 1. The van der Waals surface area contributed by atoms with Crippen LogP contribution in [0.2, 0.25) is 0 Å². The van der Waals surface area contributed by atoms with Crippen LogP contribution < -0.4 is 0 Å². The number of hydrogen-bond acceptors (Lipinski definition) is 15. The molecular formula is C89H152O17P2. The summed E-state index contributed by atoms with van der Waals surface area (Å²) < 4.78 is 68.7. The van der Waals surface area contributed by atoms with Crippen LogP contribution >= 0.6 is 15.6 Å². The maximum Gasteiger partial charge on any atom is 0.472 e. The van der Waals surface area contributed by atoms with Crippen molar-refractivity contribution in [1.29, 1.82) is 0 Å². The number of esters is 4. The van der Waals surface area contributed by atoms with Gasteiger partial charge in [-0.2, -0.15) is 0 Å². The van der Waals surface area contributed by atoms with Gasteiger partial charge in [0.25, 0.3) is 0 Å². The first-order valence-corrected chi connectivity index (χ1v) is 45.4. The van der Waals surface area contributed by atoms with Crippen LogP contribution in [-0.4, -0.2) is 96.7 Å².